The van der Waals surface area contributed by atoms with Crippen molar-refractivity contribution in [2.45, 2.75) is 13.8 Å². The fraction of sp³-hybridized carbons (Fsp3) is 0.231. The van der Waals surface area contributed by atoms with Gasteiger partial charge in [0, 0.05) is 12.7 Å². The molecule has 0 saturated carbocycles. The van der Waals surface area contributed by atoms with Gasteiger partial charge in [0.15, 0.2) is 0 Å². The molecule has 0 atom stereocenters. The van der Waals surface area contributed by atoms with Crippen molar-refractivity contribution in [1.82, 2.24) is 15.0 Å². The van der Waals surface area contributed by atoms with Crippen LogP contribution >= 0.6 is 0 Å². The molecule has 2 N–H and O–H groups in total. The number of hydrogen-bond acceptors (Lipinski definition) is 5. The van der Waals surface area contributed by atoms with E-state index in [9.17, 15) is 4.79 Å². The predicted molar refractivity (Wildman–Crippen MR) is 73.1 cm³/mol. The summed E-state index contributed by atoms with van der Waals surface area (Å²) in [4.78, 5) is 24.2. The minimum absolute atomic E-state index is 0.251. The van der Waals surface area contributed by atoms with Gasteiger partial charge in [-0.15, -0.1) is 0 Å². The molecule has 19 heavy (non-hydrogen) atoms. The van der Waals surface area contributed by atoms with Crippen molar-refractivity contribution in [3.63, 3.8) is 0 Å². The average molecular weight is 257 g/mol. The van der Waals surface area contributed by atoms with Crippen molar-refractivity contribution in [3.05, 3.63) is 42.0 Å². The van der Waals surface area contributed by atoms with Gasteiger partial charge in [0.1, 0.15) is 17.3 Å². The van der Waals surface area contributed by atoms with Gasteiger partial charge in [-0.05, 0) is 25.5 Å². The van der Waals surface area contributed by atoms with Gasteiger partial charge in [-0.3, -0.25) is 9.78 Å². The molecule has 6 heteroatoms. The third-order valence-corrected chi connectivity index (χ3v) is 2.38. The lowest BCUT2D eigenvalue weighted by atomic mass is 10.3. The average Bonchev–Trinajstić information content (AvgIpc) is 2.42. The minimum atomic E-state index is -0.330. The molecule has 2 aromatic heterocycles. The first-order valence-corrected chi connectivity index (χ1v) is 5.99. The predicted octanol–water partition coefficient (Wildman–Crippen LogP) is 1.86. The highest BCUT2D eigenvalue weighted by Crippen LogP contribution is 2.07. The van der Waals surface area contributed by atoms with Gasteiger partial charge in [-0.25, -0.2) is 9.97 Å². The molecule has 6 nitrogen and oxygen atoms in total. The van der Waals surface area contributed by atoms with E-state index in [0.717, 1.165) is 12.1 Å². The number of anilines is 2. The standard InChI is InChI=1S/C13H15N5O/c1-3-15-12-8-14-7-10(17-12)13(19)18-11-5-4-9(2)6-16-11/h4-8H,3H2,1-2H3,(H,15,17)(H,16,18,19). The lowest BCUT2D eigenvalue weighted by Crippen LogP contribution is -2.16. The summed E-state index contributed by atoms with van der Waals surface area (Å²) < 4.78 is 0. The number of rotatable bonds is 4. The molecule has 2 aromatic rings. The van der Waals surface area contributed by atoms with Crippen molar-refractivity contribution in [2.75, 3.05) is 17.2 Å². The van der Waals surface area contributed by atoms with E-state index in [4.69, 9.17) is 0 Å². The van der Waals surface area contributed by atoms with Crippen molar-refractivity contribution in [1.29, 1.82) is 0 Å². The van der Waals surface area contributed by atoms with Crippen LogP contribution in [0.4, 0.5) is 11.6 Å². The maximum atomic E-state index is 12.0. The summed E-state index contributed by atoms with van der Waals surface area (Å²) >= 11 is 0. The SMILES string of the molecule is CCNc1cncc(C(=O)Nc2ccc(C)cn2)n1. The van der Waals surface area contributed by atoms with Crippen molar-refractivity contribution in [2.24, 2.45) is 0 Å². The Morgan fingerprint density at radius 2 is 2.05 bits per heavy atom. The van der Waals surface area contributed by atoms with Gasteiger partial charge in [0.2, 0.25) is 0 Å². The van der Waals surface area contributed by atoms with E-state index < -0.39 is 0 Å². The molecule has 0 aliphatic rings. The number of carbonyl (C=O) groups is 1. The van der Waals surface area contributed by atoms with E-state index >= 15 is 0 Å². The van der Waals surface area contributed by atoms with Crippen LogP contribution in [0.5, 0.6) is 0 Å². The van der Waals surface area contributed by atoms with Gasteiger partial charge in [0.05, 0.1) is 12.4 Å². The summed E-state index contributed by atoms with van der Waals surface area (Å²) in [6.45, 7) is 4.61. The Bertz CT molecular complexity index is 568. The highest BCUT2D eigenvalue weighted by Gasteiger charge is 2.09. The molecule has 98 valence electrons. The second-order valence-corrected chi connectivity index (χ2v) is 3.99. The summed E-state index contributed by atoms with van der Waals surface area (Å²) in [6, 6.07) is 3.62. The van der Waals surface area contributed by atoms with Crippen molar-refractivity contribution in [3.8, 4) is 0 Å². The van der Waals surface area contributed by atoms with Crippen LogP contribution in [0.15, 0.2) is 30.7 Å². The van der Waals surface area contributed by atoms with Crippen LogP contribution in [-0.4, -0.2) is 27.4 Å². The highest BCUT2D eigenvalue weighted by atomic mass is 16.1. The largest absolute Gasteiger partial charge is 0.369 e. The Balaban J connectivity index is 2.11. The lowest BCUT2D eigenvalue weighted by molar-refractivity contribution is 0.102. The monoisotopic (exact) mass is 257 g/mol. The number of nitrogens with zero attached hydrogens (tertiary/aromatic N) is 3. The van der Waals surface area contributed by atoms with E-state index in [1.54, 1.807) is 18.5 Å². The second kappa shape index (κ2) is 5.90. The van der Waals surface area contributed by atoms with E-state index in [2.05, 4.69) is 25.6 Å². The second-order valence-electron chi connectivity index (χ2n) is 3.99. The summed E-state index contributed by atoms with van der Waals surface area (Å²) in [7, 11) is 0. The summed E-state index contributed by atoms with van der Waals surface area (Å²) in [6.07, 6.45) is 4.69. The first-order chi connectivity index (χ1) is 9.19. The summed E-state index contributed by atoms with van der Waals surface area (Å²) in [5.74, 6) is 0.738. The topological polar surface area (TPSA) is 79.8 Å². The van der Waals surface area contributed by atoms with Crippen LogP contribution in [0, 0.1) is 6.92 Å². The Morgan fingerprint density at radius 3 is 2.74 bits per heavy atom. The summed E-state index contributed by atoms with van der Waals surface area (Å²) in [5.41, 5.74) is 1.28. The number of hydrogen-bond donors (Lipinski definition) is 2. The van der Waals surface area contributed by atoms with Crippen LogP contribution in [0.2, 0.25) is 0 Å². The first kappa shape index (κ1) is 12.9. The van der Waals surface area contributed by atoms with Crippen LogP contribution in [0.3, 0.4) is 0 Å². The molecule has 0 unspecified atom stereocenters. The van der Waals surface area contributed by atoms with Gasteiger partial charge in [0.25, 0.3) is 5.91 Å². The fourth-order valence-electron chi connectivity index (χ4n) is 1.46. The van der Waals surface area contributed by atoms with E-state index in [-0.39, 0.29) is 11.6 Å². The number of nitrogens with one attached hydrogen (secondary N) is 2. The summed E-state index contributed by atoms with van der Waals surface area (Å²) in [5, 5.41) is 5.68. The van der Waals surface area contributed by atoms with Crippen molar-refractivity contribution >= 4 is 17.5 Å². The molecule has 2 rings (SSSR count). The van der Waals surface area contributed by atoms with Gasteiger partial charge < -0.3 is 10.6 Å². The van der Waals surface area contributed by atoms with Crippen LogP contribution in [-0.2, 0) is 0 Å². The highest BCUT2D eigenvalue weighted by molar-refractivity contribution is 6.02. The molecular formula is C13H15N5O. The molecule has 0 saturated heterocycles. The molecule has 0 radical (unpaired) electrons. The number of amides is 1. The third kappa shape index (κ3) is 3.48. The fourth-order valence-corrected chi connectivity index (χ4v) is 1.46. The van der Waals surface area contributed by atoms with Gasteiger partial charge in [-0.1, -0.05) is 6.07 Å². The normalized spacial score (nSPS) is 10.0. The molecule has 0 aliphatic carbocycles. The molecule has 0 fully saturated rings. The minimum Gasteiger partial charge on any atom is -0.369 e. The third-order valence-electron chi connectivity index (χ3n) is 2.38. The molecule has 2 heterocycles. The quantitative estimate of drug-likeness (QED) is 0.874. The van der Waals surface area contributed by atoms with Crippen LogP contribution in [0.1, 0.15) is 23.0 Å². The zero-order chi connectivity index (χ0) is 13.7. The zero-order valence-corrected chi connectivity index (χ0v) is 10.8. The van der Waals surface area contributed by atoms with Crippen LogP contribution < -0.4 is 10.6 Å². The molecule has 0 bridgehead atoms. The maximum absolute atomic E-state index is 12.0. The van der Waals surface area contributed by atoms with E-state index in [1.807, 2.05) is 19.9 Å². The van der Waals surface area contributed by atoms with Crippen molar-refractivity contribution < 1.29 is 4.79 Å². The number of aromatic nitrogens is 3. The first-order valence-electron chi connectivity index (χ1n) is 5.99. The van der Waals surface area contributed by atoms with E-state index in [1.165, 1.54) is 6.20 Å². The Hall–Kier alpha value is -2.50. The molecule has 1 amide bonds. The molecule has 0 aromatic carbocycles. The Labute approximate surface area is 111 Å². The van der Waals surface area contributed by atoms with Crippen LogP contribution in [0.25, 0.3) is 0 Å². The molecule has 0 aliphatic heterocycles. The smallest absolute Gasteiger partial charge is 0.277 e. The zero-order valence-electron chi connectivity index (χ0n) is 10.8. The van der Waals surface area contributed by atoms with Gasteiger partial charge in [-0.2, -0.15) is 0 Å². The maximum Gasteiger partial charge on any atom is 0.277 e. The number of carbonyl (C=O) groups excluding carboxylic acids is 1. The Morgan fingerprint density at radius 1 is 1.21 bits per heavy atom. The van der Waals surface area contributed by atoms with Gasteiger partial charge >= 0.3 is 0 Å². The Kier molecular flexibility index (Phi) is 4.02. The molecular weight excluding hydrogens is 242 g/mol. The lowest BCUT2D eigenvalue weighted by Gasteiger charge is -2.06. The number of pyridine rings is 1. The molecule has 0 spiro atoms. The van der Waals surface area contributed by atoms with E-state index in [0.29, 0.717) is 11.6 Å². The number of aryl methyl sites for hydroxylation is 1.